The molecule has 2 fully saturated rings. The van der Waals surface area contributed by atoms with E-state index in [1.54, 1.807) is 6.92 Å². The summed E-state index contributed by atoms with van der Waals surface area (Å²) in [6.07, 6.45) is 0.990. The van der Waals surface area contributed by atoms with Crippen molar-refractivity contribution in [2.24, 2.45) is 0 Å². The molecule has 9 heteroatoms. The van der Waals surface area contributed by atoms with Crippen molar-refractivity contribution >= 4 is 39.3 Å². The van der Waals surface area contributed by atoms with Crippen molar-refractivity contribution in [3.05, 3.63) is 0 Å². The standard InChI is InChI=1S/C12H18N2O5S2/c1-2-9-12(17)13-10(15)5-14(9)11(16)6-20-8-3-4-21(18,19)7-8/h8-9H,2-7H2,1H3,(H,13,15,17). The minimum atomic E-state index is -2.97. The Balaban J connectivity index is 1.92. The highest BCUT2D eigenvalue weighted by Gasteiger charge is 2.36. The van der Waals surface area contributed by atoms with Gasteiger partial charge >= 0.3 is 0 Å². The lowest BCUT2D eigenvalue weighted by atomic mass is 10.1. The van der Waals surface area contributed by atoms with Gasteiger partial charge in [0.2, 0.25) is 17.7 Å². The molecule has 118 valence electrons. The van der Waals surface area contributed by atoms with E-state index in [1.165, 1.54) is 16.7 Å². The van der Waals surface area contributed by atoms with Gasteiger partial charge in [-0.1, -0.05) is 6.92 Å². The number of nitrogens with one attached hydrogen (secondary N) is 1. The first-order valence-corrected chi connectivity index (χ1v) is 9.64. The number of amides is 3. The van der Waals surface area contributed by atoms with Crippen LogP contribution in [0.5, 0.6) is 0 Å². The maximum atomic E-state index is 12.2. The van der Waals surface area contributed by atoms with Gasteiger partial charge in [0.15, 0.2) is 9.84 Å². The third-order valence-electron chi connectivity index (χ3n) is 3.60. The van der Waals surface area contributed by atoms with Gasteiger partial charge in [-0.15, -0.1) is 11.8 Å². The molecule has 7 nitrogen and oxygen atoms in total. The Morgan fingerprint density at radius 2 is 2.14 bits per heavy atom. The van der Waals surface area contributed by atoms with E-state index in [4.69, 9.17) is 0 Å². The number of imide groups is 1. The van der Waals surface area contributed by atoms with Crippen molar-refractivity contribution in [3.8, 4) is 0 Å². The Kier molecular flexibility index (Phi) is 4.92. The van der Waals surface area contributed by atoms with Crippen LogP contribution in [0, 0.1) is 0 Å². The summed E-state index contributed by atoms with van der Waals surface area (Å²) in [5.41, 5.74) is 0. The molecule has 0 spiro atoms. The number of piperazine rings is 1. The summed E-state index contributed by atoms with van der Waals surface area (Å²) in [5.74, 6) is -0.860. The van der Waals surface area contributed by atoms with Gasteiger partial charge in [-0.3, -0.25) is 19.7 Å². The molecule has 2 rings (SSSR count). The van der Waals surface area contributed by atoms with Gasteiger partial charge < -0.3 is 4.90 Å². The van der Waals surface area contributed by atoms with Crippen molar-refractivity contribution in [2.75, 3.05) is 23.8 Å². The lowest BCUT2D eigenvalue weighted by Crippen LogP contribution is -2.59. The van der Waals surface area contributed by atoms with E-state index >= 15 is 0 Å². The van der Waals surface area contributed by atoms with Gasteiger partial charge in [0.25, 0.3) is 0 Å². The van der Waals surface area contributed by atoms with Crippen molar-refractivity contribution in [1.29, 1.82) is 0 Å². The van der Waals surface area contributed by atoms with E-state index in [2.05, 4.69) is 5.32 Å². The van der Waals surface area contributed by atoms with Crippen LogP contribution < -0.4 is 5.32 Å². The lowest BCUT2D eigenvalue weighted by Gasteiger charge is -2.33. The summed E-state index contributed by atoms with van der Waals surface area (Å²) < 4.78 is 22.7. The van der Waals surface area contributed by atoms with E-state index in [9.17, 15) is 22.8 Å². The second kappa shape index (κ2) is 6.35. The van der Waals surface area contributed by atoms with Gasteiger partial charge in [0, 0.05) is 5.25 Å². The van der Waals surface area contributed by atoms with Crippen LogP contribution in [0.2, 0.25) is 0 Å². The number of hydrogen-bond donors (Lipinski definition) is 1. The molecule has 2 aliphatic rings. The monoisotopic (exact) mass is 334 g/mol. The largest absolute Gasteiger partial charge is 0.321 e. The van der Waals surface area contributed by atoms with Crippen LogP contribution in [0.15, 0.2) is 0 Å². The zero-order valence-corrected chi connectivity index (χ0v) is 13.3. The Morgan fingerprint density at radius 3 is 2.71 bits per heavy atom. The average Bonchev–Trinajstić information content (AvgIpc) is 2.74. The highest BCUT2D eigenvalue weighted by molar-refractivity contribution is 8.02. The molecule has 0 saturated carbocycles. The van der Waals surface area contributed by atoms with Crippen molar-refractivity contribution in [1.82, 2.24) is 10.2 Å². The summed E-state index contributed by atoms with van der Waals surface area (Å²) in [4.78, 5) is 36.6. The van der Waals surface area contributed by atoms with Crippen molar-refractivity contribution in [2.45, 2.75) is 31.1 Å². The number of thioether (sulfide) groups is 1. The number of carbonyl (C=O) groups excluding carboxylic acids is 3. The quantitative estimate of drug-likeness (QED) is 0.674. The van der Waals surface area contributed by atoms with Gasteiger partial charge in [0.05, 0.1) is 17.3 Å². The first-order chi connectivity index (χ1) is 9.82. The summed E-state index contributed by atoms with van der Waals surface area (Å²) >= 11 is 1.29. The van der Waals surface area contributed by atoms with E-state index in [0.717, 1.165) is 0 Å². The first-order valence-electron chi connectivity index (χ1n) is 6.77. The van der Waals surface area contributed by atoms with Crippen LogP contribution in [0.4, 0.5) is 0 Å². The predicted molar refractivity (Wildman–Crippen MR) is 78.5 cm³/mol. The van der Waals surface area contributed by atoms with Gasteiger partial charge in [-0.2, -0.15) is 0 Å². The van der Waals surface area contributed by atoms with E-state index in [0.29, 0.717) is 12.8 Å². The molecule has 0 aromatic heterocycles. The lowest BCUT2D eigenvalue weighted by molar-refractivity contribution is -0.148. The minimum Gasteiger partial charge on any atom is -0.321 e. The smallest absolute Gasteiger partial charge is 0.249 e. The second-order valence-electron chi connectivity index (χ2n) is 5.19. The minimum absolute atomic E-state index is 0.0756. The molecular formula is C12H18N2O5S2. The molecule has 2 heterocycles. The Morgan fingerprint density at radius 1 is 1.43 bits per heavy atom. The van der Waals surface area contributed by atoms with Gasteiger partial charge in [0.1, 0.15) is 12.6 Å². The SMILES string of the molecule is CCC1C(=O)NC(=O)CN1C(=O)CSC1CCS(=O)(=O)C1. The summed E-state index contributed by atoms with van der Waals surface area (Å²) in [6, 6.07) is -0.622. The maximum absolute atomic E-state index is 12.2. The first kappa shape index (κ1) is 16.3. The molecule has 0 aromatic rings. The average molecular weight is 334 g/mol. The van der Waals surface area contributed by atoms with Crippen LogP contribution >= 0.6 is 11.8 Å². The fraction of sp³-hybridized carbons (Fsp3) is 0.750. The number of nitrogens with zero attached hydrogens (tertiary/aromatic N) is 1. The molecule has 1 N–H and O–H groups in total. The zero-order valence-electron chi connectivity index (χ0n) is 11.7. The van der Waals surface area contributed by atoms with Crippen molar-refractivity contribution < 1.29 is 22.8 Å². The molecule has 2 unspecified atom stereocenters. The van der Waals surface area contributed by atoms with Crippen LogP contribution in [-0.4, -0.2) is 66.1 Å². The Bertz CT molecular complexity index is 560. The highest BCUT2D eigenvalue weighted by atomic mass is 32.2. The van der Waals surface area contributed by atoms with Gasteiger partial charge in [-0.25, -0.2) is 8.42 Å². The third-order valence-corrected chi connectivity index (χ3v) is 6.86. The molecule has 3 amide bonds. The molecule has 2 saturated heterocycles. The van der Waals surface area contributed by atoms with Gasteiger partial charge in [-0.05, 0) is 12.8 Å². The summed E-state index contributed by atoms with van der Waals surface area (Å²) in [7, 11) is -2.97. The van der Waals surface area contributed by atoms with E-state index in [1.807, 2.05) is 0 Å². The maximum Gasteiger partial charge on any atom is 0.249 e. The normalized spacial score (nSPS) is 28.5. The molecule has 0 aromatic carbocycles. The van der Waals surface area contributed by atoms with E-state index < -0.39 is 27.7 Å². The summed E-state index contributed by atoms with van der Waals surface area (Å²) in [6.45, 7) is 1.66. The van der Waals surface area contributed by atoms with Crippen molar-refractivity contribution in [3.63, 3.8) is 0 Å². The number of sulfone groups is 1. The molecule has 2 aliphatic heterocycles. The topological polar surface area (TPSA) is 101 Å². The van der Waals surface area contributed by atoms with Crippen LogP contribution in [-0.2, 0) is 24.2 Å². The molecule has 0 aliphatic carbocycles. The van der Waals surface area contributed by atoms with Crippen LogP contribution in [0.3, 0.4) is 0 Å². The fourth-order valence-corrected chi connectivity index (χ4v) is 6.03. The fourth-order valence-electron chi connectivity index (χ4n) is 2.50. The predicted octanol–water partition coefficient (Wildman–Crippen LogP) is -0.830. The molecular weight excluding hydrogens is 316 g/mol. The van der Waals surface area contributed by atoms with Crippen LogP contribution in [0.25, 0.3) is 0 Å². The van der Waals surface area contributed by atoms with Crippen LogP contribution in [0.1, 0.15) is 19.8 Å². The molecule has 2 atom stereocenters. The molecule has 21 heavy (non-hydrogen) atoms. The highest BCUT2D eigenvalue weighted by Crippen LogP contribution is 2.25. The number of carbonyl (C=O) groups is 3. The zero-order chi connectivity index (χ0) is 15.6. The Labute approximate surface area is 127 Å². The Hall–Kier alpha value is -1.09. The number of hydrogen-bond acceptors (Lipinski definition) is 6. The van der Waals surface area contributed by atoms with E-state index in [-0.39, 0.29) is 35.0 Å². The third kappa shape index (κ3) is 3.97. The summed E-state index contributed by atoms with van der Waals surface area (Å²) in [5, 5.41) is 2.14. The number of rotatable bonds is 4. The second-order valence-corrected chi connectivity index (χ2v) is 8.71. The molecule has 0 radical (unpaired) electrons. The molecule has 0 bridgehead atoms.